The van der Waals surface area contributed by atoms with E-state index in [0.717, 1.165) is 18.9 Å². The Morgan fingerprint density at radius 1 is 1.23 bits per heavy atom. The van der Waals surface area contributed by atoms with Crippen molar-refractivity contribution in [3.05, 3.63) is 12.3 Å². The quantitative estimate of drug-likeness (QED) is 0.730. The zero-order valence-corrected chi connectivity index (χ0v) is 8.12. The molecule has 72 valence electrons. The number of aromatic nitrogens is 1. The number of anilines is 3. The first-order valence-electron chi connectivity index (χ1n) is 4.45. The zero-order chi connectivity index (χ0) is 9.84. The van der Waals surface area contributed by atoms with Gasteiger partial charge in [0.15, 0.2) is 0 Å². The molecule has 1 rings (SSSR count). The molecular weight excluding hydrogens is 164 g/mol. The summed E-state index contributed by atoms with van der Waals surface area (Å²) >= 11 is 0. The third-order valence-electron chi connectivity index (χ3n) is 2.04. The molecule has 0 saturated heterocycles. The minimum Gasteiger partial charge on any atom is -0.397 e. The maximum Gasteiger partial charge on any atom is 0.130 e. The van der Waals surface area contributed by atoms with Crippen molar-refractivity contribution in [2.45, 2.75) is 13.8 Å². The van der Waals surface area contributed by atoms with E-state index >= 15 is 0 Å². The molecule has 4 N–H and O–H groups in total. The second-order valence-electron chi connectivity index (χ2n) is 2.84. The lowest BCUT2D eigenvalue weighted by molar-refractivity contribution is 0.847. The molecular formula is C9H16N4. The first-order chi connectivity index (χ1) is 6.19. The second kappa shape index (κ2) is 3.98. The van der Waals surface area contributed by atoms with Crippen molar-refractivity contribution in [3.63, 3.8) is 0 Å². The van der Waals surface area contributed by atoms with Crippen LogP contribution in [-0.2, 0) is 0 Å². The summed E-state index contributed by atoms with van der Waals surface area (Å²) in [7, 11) is 0. The summed E-state index contributed by atoms with van der Waals surface area (Å²) in [6, 6.07) is 1.81. The molecule has 0 radical (unpaired) electrons. The maximum atomic E-state index is 5.68. The fraction of sp³-hybridized carbons (Fsp3) is 0.444. The average molecular weight is 180 g/mol. The second-order valence-corrected chi connectivity index (χ2v) is 2.84. The van der Waals surface area contributed by atoms with Gasteiger partial charge in [-0.1, -0.05) is 0 Å². The molecule has 0 saturated carbocycles. The van der Waals surface area contributed by atoms with Crippen LogP contribution < -0.4 is 16.4 Å². The molecule has 4 heteroatoms. The summed E-state index contributed by atoms with van der Waals surface area (Å²) in [4.78, 5) is 6.32. The molecule has 0 fully saturated rings. The van der Waals surface area contributed by atoms with Gasteiger partial charge in [-0.15, -0.1) is 0 Å². The molecule has 0 amide bonds. The third kappa shape index (κ3) is 2.02. The molecule has 0 aliphatic carbocycles. The van der Waals surface area contributed by atoms with E-state index in [2.05, 4.69) is 23.7 Å². The molecule has 13 heavy (non-hydrogen) atoms. The number of rotatable bonds is 3. The number of hydrogen-bond acceptors (Lipinski definition) is 4. The van der Waals surface area contributed by atoms with Gasteiger partial charge in [-0.05, 0) is 13.8 Å². The normalized spacial score (nSPS) is 10.0. The van der Waals surface area contributed by atoms with E-state index < -0.39 is 0 Å². The lowest BCUT2D eigenvalue weighted by Gasteiger charge is -2.19. The standard InChI is InChI=1S/C9H16N4/c1-3-13(4-2)9-5-7(10)8(11)6-12-9/h5-6H,3-4,11H2,1-2H3,(H2,10,12). The monoisotopic (exact) mass is 180 g/mol. The molecule has 0 atom stereocenters. The van der Waals surface area contributed by atoms with Gasteiger partial charge in [-0.25, -0.2) is 4.98 Å². The highest BCUT2D eigenvalue weighted by Crippen LogP contribution is 2.19. The minimum absolute atomic E-state index is 0.538. The van der Waals surface area contributed by atoms with Gasteiger partial charge in [0.25, 0.3) is 0 Å². The van der Waals surface area contributed by atoms with Crippen LogP contribution in [0.15, 0.2) is 12.3 Å². The average Bonchev–Trinajstić information content (AvgIpc) is 2.13. The Balaban J connectivity index is 2.95. The number of pyridine rings is 1. The molecule has 1 heterocycles. The molecule has 0 aromatic carbocycles. The van der Waals surface area contributed by atoms with Gasteiger partial charge in [-0.2, -0.15) is 0 Å². The molecule has 1 aromatic heterocycles. The van der Waals surface area contributed by atoms with E-state index in [0.29, 0.717) is 11.4 Å². The van der Waals surface area contributed by atoms with E-state index in [4.69, 9.17) is 11.5 Å². The van der Waals surface area contributed by atoms with Crippen LogP contribution in [-0.4, -0.2) is 18.1 Å². The van der Waals surface area contributed by atoms with Crippen LogP contribution in [0.1, 0.15) is 13.8 Å². The molecule has 0 bridgehead atoms. The fourth-order valence-electron chi connectivity index (χ4n) is 1.19. The van der Waals surface area contributed by atoms with Crippen LogP contribution in [0.4, 0.5) is 17.2 Å². The van der Waals surface area contributed by atoms with E-state index in [1.807, 2.05) is 6.07 Å². The van der Waals surface area contributed by atoms with Crippen LogP contribution in [0.2, 0.25) is 0 Å². The van der Waals surface area contributed by atoms with Crippen molar-refractivity contribution in [2.24, 2.45) is 0 Å². The summed E-state index contributed by atoms with van der Waals surface area (Å²) in [6.07, 6.45) is 1.60. The van der Waals surface area contributed by atoms with E-state index in [-0.39, 0.29) is 0 Å². The van der Waals surface area contributed by atoms with Gasteiger partial charge in [0.2, 0.25) is 0 Å². The first kappa shape index (κ1) is 9.64. The molecule has 0 unspecified atom stereocenters. The van der Waals surface area contributed by atoms with Crippen LogP contribution in [0.25, 0.3) is 0 Å². The molecule has 0 spiro atoms. The Morgan fingerprint density at radius 2 is 1.85 bits per heavy atom. The number of nitrogens with zero attached hydrogens (tertiary/aromatic N) is 2. The van der Waals surface area contributed by atoms with Crippen LogP contribution in [0, 0.1) is 0 Å². The van der Waals surface area contributed by atoms with Crippen molar-refractivity contribution in [2.75, 3.05) is 29.5 Å². The Morgan fingerprint density at radius 3 is 2.31 bits per heavy atom. The van der Waals surface area contributed by atoms with Crippen molar-refractivity contribution >= 4 is 17.2 Å². The number of hydrogen-bond donors (Lipinski definition) is 2. The highest BCUT2D eigenvalue weighted by molar-refractivity contribution is 5.66. The largest absolute Gasteiger partial charge is 0.397 e. The van der Waals surface area contributed by atoms with Gasteiger partial charge in [-0.3, -0.25) is 0 Å². The Kier molecular flexibility index (Phi) is 2.95. The third-order valence-corrected chi connectivity index (χ3v) is 2.04. The Hall–Kier alpha value is -1.45. The molecule has 0 aliphatic rings. The number of nitrogen functional groups attached to an aromatic ring is 2. The summed E-state index contributed by atoms with van der Waals surface area (Å²) in [5, 5.41) is 0. The van der Waals surface area contributed by atoms with Crippen molar-refractivity contribution in [3.8, 4) is 0 Å². The summed E-state index contributed by atoms with van der Waals surface area (Å²) in [5.41, 5.74) is 12.4. The summed E-state index contributed by atoms with van der Waals surface area (Å²) in [5.74, 6) is 0.886. The van der Waals surface area contributed by atoms with Crippen LogP contribution >= 0.6 is 0 Å². The van der Waals surface area contributed by atoms with Gasteiger partial charge < -0.3 is 16.4 Å². The lowest BCUT2D eigenvalue weighted by atomic mass is 10.3. The van der Waals surface area contributed by atoms with Crippen molar-refractivity contribution in [1.29, 1.82) is 0 Å². The highest BCUT2D eigenvalue weighted by Gasteiger charge is 2.04. The van der Waals surface area contributed by atoms with E-state index in [1.54, 1.807) is 6.20 Å². The van der Waals surface area contributed by atoms with Gasteiger partial charge in [0.1, 0.15) is 5.82 Å². The SMILES string of the molecule is CCN(CC)c1cc(N)c(N)cn1. The molecule has 0 aliphatic heterocycles. The van der Waals surface area contributed by atoms with Crippen LogP contribution in [0.5, 0.6) is 0 Å². The number of nitrogens with two attached hydrogens (primary N) is 2. The summed E-state index contributed by atoms with van der Waals surface area (Å²) in [6.45, 7) is 6.01. The smallest absolute Gasteiger partial charge is 0.130 e. The van der Waals surface area contributed by atoms with Crippen molar-refractivity contribution in [1.82, 2.24) is 4.98 Å². The molecule has 1 aromatic rings. The minimum atomic E-state index is 0.538. The van der Waals surface area contributed by atoms with Gasteiger partial charge >= 0.3 is 0 Å². The van der Waals surface area contributed by atoms with Gasteiger partial charge in [0.05, 0.1) is 17.6 Å². The lowest BCUT2D eigenvalue weighted by Crippen LogP contribution is -2.23. The van der Waals surface area contributed by atoms with Gasteiger partial charge in [0, 0.05) is 19.2 Å². The van der Waals surface area contributed by atoms with Crippen LogP contribution in [0.3, 0.4) is 0 Å². The summed E-state index contributed by atoms with van der Waals surface area (Å²) < 4.78 is 0. The predicted molar refractivity (Wildman–Crippen MR) is 56.6 cm³/mol. The van der Waals surface area contributed by atoms with E-state index in [9.17, 15) is 0 Å². The van der Waals surface area contributed by atoms with Crippen molar-refractivity contribution < 1.29 is 0 Å². The van der Waals surface area contributed by atoms with E-state index in [1.165, 1.54) is 0 Å². The maximum absolute atomic E-state index is 5.68. The zero-order valence-electron chi connectivity index (χ0n) is 8.12. The fourth-order valence-corrected chi connectivity index (χ4v) is 1.19. The predicted octanol–water partition coefficient (Wildman–Crippen LogP) is 1.09. The Bertz CT molecular complexity index is 281. The highest BCUT2D eigenvalue weighted by atomic mass is 15.2. The topological polar surface area (TPSA) is 68.2 Å². The first-order valence-corrected chi connectivity index (χ1v) is 4.45. The Labute approximate surface area is 78.6 Å². The molecule has 4 nitrogen and oxygen atoms in total.